The Balaban J connectivity index is 4.51. The summed E-state index contributed by atoms with van der Waals surface area (Å²) in [5.74, 6) is -0.209. The number of nitrogens with one attached hydrogen (secondary N) is 1. The fourth-order valence-electron chi connectivity index (χ4n) is 5.46. The molecule has 0 aromatic rings. The standard InChI is InChI=1S/C39H77N2O6P/c1-6-8-10-12-14-16-18-19-20-21-23-25-27-29-31-33-39(43)40-37(36-47-48(44,45)46-35-34-41(3,4)5)38(42)32-30-28-26-24-22-17-15-13-11-9-7-2/h22,24,30,32,37-38,42H,6-21,23,25-29,31,33-36H2,1-5H3,(H-,40,43,44,45)/b24-22+,32-30+. The van der Waals surface area contributed by atoms with Crippen molar-refractivity contribution in [2.75, 3.05) is 40.9 Å². The van der Waals surface area contributed by atoms with E-state index in [0.717, 1.165) is 38.5 Å². The van der Waals surface area contributed by atoms with Gasteiger partial charge in [-0.1, -0.05) is 154 Å². The summed E-state index contributed by atoms with van der Waals surface area (Å²) in [4.78, 5) is 25.1. The number of amides is 1. The number of phosphoric acid groups is 1. The minimum Gasteiger partial charge on any atom is -0.756 e. The molecule has 9 heteroatoms. The second-order valence-electron chi connectivity index (χ2n) is 14.6. The molecular formula is C39H77N2O6P. The summed E-state index contributed by atoms with van der Waals surface area (Å²) < 4.78 is 23.1. The summed E-state index contributed by atoms with van der Waals surface area (Å²) in [5.41, 5.74) is 0. The van der Waals surface area contributed by atoms with E-state index in [9.17, 15) is 19.4 Å². The van der Waals surface area contributed by atoms with Gasteiger partial charge in [0.15, 0.2) is 0 Å². The molecule has 0 heterocycles. The highest BCUT2D eigenvalue weighted by atomic mass is 31.2. The maximum Gasteiger partial charge on any atom is 0.268 e. The van der Waals surface area contributed by atoms with Crippen LogP contribution in [-0.2, 0) is 18.4 Å². The van der Waals surface area contributed by atoms with Crippen LogP contribution in [0.2, 0.25) is 0 Å². The quantitative estimate of drug-likeness (QED) is 0.0295. The first-order chi connectivity index (χ1) is 23.0. The average Bonchev–Trinajstić information content (AvgIpc) is 3.02. The van der Waals surface area contributed by atoms with Gasteiger partial charge in [0.05, 0.1) is 39.9 Å². The van der Waals surface area contributed by atoms with Crippen LogP contribution in [0.15, 0.2) is 24.3 Å². The van der Waals surface area contributed by atoms with Gasteiger partial charge in [-0.2, -0.15) is 0 Å². The van der Waals surface area contributed by atoms with Crippen molar-refractivity contribution < 1.29 is 32.9 Å². The maximum atomic E-state index is 12.8. The van der Waals surface area contributed by atoms with E-state index < -0.39 is 20.0 Å². The number of carbonyl (C=O) groups excluding carboxylic acids is 1. The summed E-state index contributed by atoms with van der Waals surface area (Å²) in [7, 11) is 1.24. The molecule has 0 fully saturated rings. The van der Waals surface area contributed by atoms with E-state index in [-0.39, 0.29) is 19.1 Å². The highest BCUT2D eigenvalue weighted by Crippen LogP contribution is 2.38. The third-order valence-electron chi connectivity index (χ3n) is 8.66. The second-order valence-corrected chi connectivity index (χ2v) is 16.0. The van der Waals surface area contributed by atoms with Gasteiger partial charge < -0.3 is 28.8 Å². The number of hydrogen-bond acceptors (Lipinski definition) is 6. The highest BCUT2D eigenvalue weighted by Gasteiger charge is 2.23. The van der Waals surface area contributed by atoms with Crippen LogP contribution in [0.3, 0.4) is 0 Å². The molecule has 0 aliphatic rings. The Labute approximate surface area is 296 Å². The van der Waals surface area contributed by atoms with Gasteiger partial charge in [-0.3, -0.25) is 9.36 Å². The number of aliphatic hydroxyl groups excluding tert-OH is 1. The highest BCUT2D eigenvalue weighted by molar-refractivity contribution is 7.45. The molecule has 8 nitrogen and oxygen atoms in total. The normalized spacial score (nSPS) is 14.9. The van der Waals surface area contributed by atoms with E-state index in [1.807, 2.05) is 27.2 Å². The third kappa shape index (κ3) is 33.5. The predicted molar refractivity (Wildman–Crippen MR) is 201 cm³/mol. The van der Waals surface area contributed by atoms with Crippen molar-refractivity contribution in [2.45, 2.75) is 180 Å². The Morgan fingerprint density at radius 2 is 1.17 bits per heavy atom. The molecule has 0 saturated heterocycles. The van der Waals surface area contributed by atoms with Crippen molar-refractivity contribution >= 4 is 13.7 Å². The average molecular weight is 701 g/mol. The van der Waals surface area contributed by atoms with Gasteiger partial charge in [-0.15, -0.1) is 0 Å². The van der Waals surface area contributed by atoms with Crippen molar-refractivity contribution in [3.05, 3.63) is 24.3 Å². The number of rotatable bonds is 35. The summed E-state index contributed by atoms with van der Waals surface area (Å²) >= 11 is 0. The van der Waals surface area contributed by atoms with E-state index in [4.69, 9.17) is 9.05 Å². The minimum atomic E-state index is -4.58. The molecule has 284 valence electrons. The Hall–Kier alpha value is -1.02. The number of likely N-dealkylation sites (N-methyl/N-ethyl adjacent to an activating group) is 1. The SMILES string of the molecule is CCCCCCC/C=C/CC/C=C/C(O)C(COP(=O)([O-])OCC[N+](C)(C)C)NC(=O)CCCCCCCCCCCCCCCCC. The van der Waals surface area contributed by atoms with Crippen LogP contribution in [-0.4, -0.2) is 68.5 Å². The van der Waals surface area contributed by atoms with Crippen molar-refractivity contribution in [3.8, 4) is 0 Å². The van der Waals surface area contributed by atoms with Crippen molar-refractivity contribution in [2.24, 2.45) is 0 Å². The van der Waals surface area contributed by atoms with Crippen LogP contribution in [0.25, 0.3) is 0 Å². The smallest absolute Gasteiger partial charge is 0.268 e. The monoisotopic (exact) mass is 701 g/mol. The number of aliphatic hydroxyl groups is 1. The number of phosphoric ester groups is 1. The van der Waals surface area contributed by atoms with Crippen molar-refractivity contribution in [3.63, 3.8) is 0 Å². The first-order valence-electron chi connectivity index (χ1n) is 19.7. The zero-order valence-electron chi connectivity index (χ0n) is 31.9. The Morgan fingerprint density at radius 3 is 1.69 bits per heavy atom. The fraction of sp³-hybridized carbons (Fsp3) is 0.872. The molecule has 1 amide bonds. The zero-order chi connectivity index (χ0) is 35.8. The molecular weight excluding hydrogens is 623 g/mol. The Morgan fingerprint density at radius 1 is 0.708 bits per heavy atom. The number of allylic oxidation sites excluding steroid dienone is 3. The molecule has 0 aromatic heterocycles. The molecule has 3 atom stereocenters. The molecule has 0 saturated carbocycles. The molecule has 0 rings (SSSR count). The first kappa shape index (κ1) is 47.0. The lowest BCUT2D eigenvalue weighted by molar-refractivity contribution is -0.870. The predicted octanol–water partition coefficient (Wildman–Crippen LogP) is 9.55. The molecule has 0 radical (unpaired) electrons. The van der Waals surface area contributed by atoms with Gasteiger partial charge in [-0.05, 0) is 32.1 Å². The van der Waals surface area contributed by atoms with Crippen LogP contribution in [0.4, 0.5) is 0 Å². The van der Waals surface area contributed by atoms with Gasteiger partial charge in [0.2, 0.25) is 5.91 Å². The lowest BCUT2D eigenvalue weighted by atomic mass is 10.0. The lowest BCUT2D eigenvalue weighted by Crippen LogP contribution is -2.45. The molecule has 2 N–H and O–H groups in total. The summed E-state index contributed by atoms with van der Waals surface area (Å²) in [6, 6.07) is -0.895. The lowest BCUT2D eigenvalue weighted by Gasteiger charge is -2.29. The van der Waals surface area contributed by atoms with E-state index >= 15 is 0 Å². The largest absolute Gasteiger partial charge is 0.756 e. The van der Waals surface area contributed by atoms with E-state index in [1.165, 1.54) is 109 Å². The number of unbranched alkanes of at least 4 members (excludes halogenated alkanes) is 20. The van der Waals surface area contributed by atoms with Crippen LogP contribution in [0.1, 0.15) is 168 Å². The Kier molecular flexibility index (Phi) is 31.2. The van der Waals surface area contributed by atoms with Crippen LogP contribution in [0, 0.1) is 0 Å². The number of carbonyl (C=O) groups is 1. The number of hydrogen-bond donors (Lipinski definition) is 2. The molecule has 0 aliphatic heterocycles. The van der Waals surface area contributed by atoms with E-state index in [0.29, 0.717) is 17.4 Å². The molecule has 3 unspecified atom stereocenters. The number of quaternary nitrogens is 1. The summed E-state index contributed by atoms with van der Waals surface area (Å²) in [6.45, 7) is 4.58. The molecule has 48 heavy (non-hydrogen) atoms. The van der Waals surface area contributed by atoms with E-state index in [2.05, 4.69) is 31.3 Å². The Bertz CT molecular complexity index is 845. The molecule has 0 bridgehead atoms. The molecule has 0 aromatic carbocycles. The zero-order valence-corrected chi connectivity index (χ0v) is 32.8. The van der Waals surface area contributed by atoms with Gasteiger partial charge >= 0.3 is 0 Å². The van der Waals surface area contributed by atoms with Crippen LogP contribution in [0.5, 0.6) is 0 Å². The van der Waals surface area contributed by atoms with Crippen LogP contribution < -0.4 is 10.2 Å². The van der Waals surface area contributed by atoms with Gasteiger partial charge in [-0.25, -0.2) is 0 Å². The van der Waals surface area contributed by atoms with Gasteiger partial charge in [0, 0.05) is 6.42 Å². The molecule has 0 spiro atoms. The first-order valence-corrected chi connectivity index (χ1v) is 21.2. The second kappa shape index (κ2) is 31.9. The van der Waals surface area contributed by atoms with Gasteiger partial charge in [0.1, 0.15) is 13.2 Å². The maximum absolute atomic E-state index is 12.8. The van der Waals surface area contributed by atoms with Crippen molar-refractivity contribution in [1.82, 2.24) is 5.32 Å². The summed E-state index contributed by atoms with van der Waals surface area (Å²) in [5, 5.41) is 13.7. The fourth-order valence-corrected chi connectivity index (χ4v) is 6.18. The molecule has 0 aliphatic carbocycles. The van der Waals surface area contributed by atoms with Gasteiger partial charge in [0.25, 0.3) is 7.82 Å². The van der Waals surface area contributed by atoms with Crippen molar-refractivity contribution in [1.29, 1.82) is 0 Å². The minimum absolute atomic E-state index is 0.00475. The van der Waals surface area contributed by atoms with E-state index in [1.54, 1.807) is 6.08 Å². The topological polar surface area (TPSA) is 108 Å². The third-order valence-corrected chi connectivity index (χ3v) is 9.63. The number of nitrogens with zero attached hydrogens (tertiary/aromatic N) is 1. The summed E-state index contributed by atoms with van der Waals surface area (Å²) in [6.07, 6.45) is 35.1. The van der Waals surface area contributed by atoms with Crippen LogP contribution >= 0.6 is 7.82 Å².